The minimum absolute atomic E-state index is 0.154. The molecule has 0 bridgehead atoms. The highest BCUT2D eigenvalue weighted by Gasteiger charge is 2.02. The fourth-order valence-electron chi connectivity index (χ4n) is 1.58. The lowest BCUT2D eigenvalue weighted by Gasteiger charge is -2.15. The normalized spacial score (nSPS) is 11.3. The molecule has 110 valence electrons. The average molecular weight is 286 g/mol. The summed E-state index contributed by atoms with van der Waals surface area (Å²) in [4.78, 5) is 12.2. The van der Waals surface area contributed by atoms with Crippen LogP contribution < -0.4 is 21.3 Å². The number of aromatic nitrogens is 3. The Morgan fingerprint density at radius 1 is 1.29 bits per heavy atom. The molecular formula is C14H18N6O. The first kappa shape index (κ1) is 14.7. The Bertz CT molecular complexity index is 626. The van der Waals surface area contributed by atoms with Crippen molar-refractivity contribution in [2.45, 2.75) is 13.8 Å². The maximum atomic E-state index is 5.92. The zero-order valence-electron chi connectivity index (χ0n) is 12.0. The van der Waals surface area contributed by atoms with Gasteiger partial charge in [-0.1, -0.05) is 0 Å². The lowest BCUT2D eigenvalue weighted by molar-refractivity contribution is 0.321. The molecule has 0 saturated heterocycles. The Hall–Kier alpha value is -2.67. The van der Waals surface area contributed by atoms with E-state index in [0.29, 0.717) is 5.70 Å². The number of ether oxygens (including phenoxy) is 1. The highest BCUT2D eigenvalue weighted by atomic mass is 16.5. The Labute approximate surface area is 123 Å². The maximum Gasteiger partial charge on any atom is 0.316 e. The fraction of sp³-hybridized carbons (Fsp3) is 0.214. The topological polar surface area (TPSA) is 103 Å². The summed E-state index contributed by atoms with van der Waals surface area (Å²) >= 11 is 0. The molecule has 0 aliphatic heterocycles. The summed E-state index contributed by atoms with van der Waals surface area (Å²) < 4.78 is 5.37. The van der Waals surface area contributed by atoms with E-state index in [-0.39, 0.29) is 12.6 Å². The molecule has 0 saturated carbocycles. The van der Waals surface area contributed by atoms with E-state index in [4.69, 9.17) is 16.3 Å². The van der Waals surface area contributed by atoms with Crippen molar-refractivity contribution in [3.05, 3.63) is 53.9 Å². The molecule has 21 heavy (non-hydrogen) atoms. The van der Waals surface area contributed by atoms with E-state index in [1.807, 2.05) is 19.9 Å². The van der Waals surface area contributed by atoms with Gasteiger partial charge in [-0.05, 0) is 31.5 Å². The van der Waals surface area contributed by atoms with Crippen molar-refractivity contribution in [3.63, 3.8) is 0 Å². The molecule has 0 radical (unpaired) electrons. The first-order chi connectivity index (χ1) is 10.0. The third kappa shape index (κ3) is 4.43. The Morgan fingerprint density at radius 3 is 2.67 bits per heavy atom. The molecule has 2 rings (SSSR count). The highest BCUT2D eigenvalue weighted by Crippen LogP contribution is 2.11. The van der Waals surface area contributed by atoms with Gasteiger partial charge in [-0.25, -0.2) is 15.8 Å². The first-order valence-electron chi connectivity index (χ1n) is 6.39. The van der Waals surface area contributed by atoms with Crippen molar-refractivity contribution in [3.8, 4) is 6.01 Å². The third-order valence-electron chi connectivity index (χ3n) is 2.61. The number of hydrogen-bond acceptors (Lipinski definition) is 7. The molecule has 7 heteroatoms. The number of hydrogen-bond donors (Lipinski definition) is 2. The van der Waals surface area contributed by atoms with Crippen LogP contribution in [-0.4, -0.2) is 21.6 Å². The van der Waals surface area contributed by atoms with E-state index in [1.165, 1.54) is 5.01 Å². The van der Waals surface area contributed by atoms with Gasteiger partial charge < -0.3 is 10.5 Å². The van der Waals surface area contributed by atoms with Crippen LogP contribution in [0.25, 0.3) is 0 Å². The Kier molecular flexibility index (Phi) is 4.68. The SMILES string of the molecule is Cc1cnc(OC/C(N)=C/N(N)c2ccnc(C)c2)nc1. The Morgan fingerprint density at radius 2 is 2.00 bits per heavy atom. The number of hydrazine groups is 1. The highest BCUT2D eigenvalue weighted by molar-refractivity contribution is 5.47. The molecule has 0 aromatic carbocycles. The summed E-state index contributed by atoms with van der Waals surface area (Å²) in [6.07, 6.45) is 6.63. The van der Waals surface area contributed by atoms with Gasteiger partial charge in [0.2, 0.25) is 0 Å². The monoisotopic (exact) mass is 286 g/mol. The van der Waals surface area contributed by atoms with Crippen LogP contribution in [0.4, 0.5) is 5.69 Å². The van der Waals surface area contributed by atoms with Gasteiger partial charge in [0.1, 0.15) is 6.61 Å². The summed E-state index contributed by atoms with van der Waals surface area (Å²) in [5.74, 6) is 5.92. The van der Waals surface area contributed by atoms with Crippen LogP contribution >= 0.6 is 0 Å². The summed E-state index contributed by atoms with van der Waals surface area (Å²) in [5, 5.41) is 1.42. The lowest BCUT2D eigenvalue weighted by atomic mass is 10.3. The first-order valence-corrected chi connectivity index (χ1v) is 6.39. The summed E-state index contributed by atoms with van der Waals surface area (Å²) in [5.41, 5.74) is 8.95. The molecule has 0 aliphatic carbocycles. The van der Waals surface area contributed by atoms with Crippen LogP contribution in [-0.2, 0) is 0 Å². The van der Waals surface area contributed by atoms with E-state index in [2.05, 4.69) is 15.0 Å². The van der Waals surface area contributed by atoms with Crippen LogP contribution in [0.2, 0.25) is 0 Å². The van der Waals surface area contributed by atoms with Crippen LogP contribution in [0, 0.1) is 13.8 Å². The molecular weight excluding hydrogens is 268 g/mol. The second kappa shape index (κ2) is 6.67. The number of aryl methyl sites for hydroxylation is 2. The van der Waals surface area contributed by atoms with Crippen molar-refractivity contribution in [2.24, 2.45) is 11.6 Å². The quantitative estimate of drug-likeness (QED) is 0.625. The van der Waals surface area contributed by atoms with E-state index >= 15 is 0 Å². The van der Waals surface area contributed by atoms with Crippen LogP contribution in [0.1, 0.15) is 11.3 Å². The molecule has 0 amide bonds. The standard InChI is InChI=1S/C14H18N6O/c1-10-6-18-14(19-7-10)21-9-12(15)8-20(16)13-3-4-17-11(2)5-13/h3-8H,9,15-16H2,1-2H3/b12-8-. The van der Waals surface area contributed by atoms with Gasteiger partial charge in [0.25, 0.3) is 0 Å². The minimum atomic E-state index is 0.154. The van der Waals surface area contributed by atoms with Crippen LogP contribution in [0.5, 0.6) is 6.01 Å². The van der Waals surface area contributed by atoms with Gasteiger partial charge in [-0.15, -0.1) is 0 Å². The van der Waals surface area contributed by atoms with Gasteiger partial charge >= 0.3 is 6.01 Å². The zero-order chi connectivity index (χ0) is 15.2. The summed E-state index contributed by atoms with van der Waals surface area (Å²) in [6.45, 7) is 3.95. The predicted octanol–water partition coefficient (Wildman–Crippen LogP) is 1.05. The summed E-state index contributed by atoms with van der Waals surface area (Å²) in [7, 11) is 0. The second-order valence-electron chi connectivity index (χ2n) is 4.60. The molecule has 2 aromatic rings. The lowest BCUT2D eigenvalue weighted by Crippen LogP contribution is -2.27. The number of nitrogens with zero attached hydrogens (tertiary/aromatic N) is 4. The Balaban J connectivity index is 1.95. The predicted molar refractivity (Wildman–Crippen MR) is 80.2 cm³/mol. The smallest absolute Gasteiger partial charge is 0.316 e. The van der Waals surface area contributed by atoms with Gasteiger partial charge in [0, 0.05) is 30.5 Å². The molecule has 7 nitrogen and oxygen atoms in total. The molecule has 2 aromatic heterocycles. The van der Waals surface area contributed by atoms with Crippen molar-refractivity contribution in [2.75, 3.05) is 11.6 Å². The van der Waals surface area contributed by atoms with Crippen LogP contribution in [0.15, 0.2) is 42.6 Å². The average Bonchev–Trinajstić information content (AvgIpc) is 2.46. The van der Waals surface area contributed by atoms with E-state index in [9.17, 15) is 0 Å². The molecule has 0 unspecified atom stereocenters. The second-order valence-corrected chi connectivity index (χ2v) is 4.60. The molecule has 4 N–H and O–H groups in total. The molecule has 0 spiro atoms. The summed E-state index contributed by atoms with van der Waals surface area (Å²) in [6, 6.07) is 3.93. The largest absolute Gasteiger partial charge is 0.457 e. The van der Waals surface area contributed by atoms with Gasteiger partial charge in [-0.3, -0.25) is 9.99 Å². The van der Waals surface area contributed by atoms with E-state index in [1.54, 1.807) is 30.9 Å². The van der Waals surface area contributed by atoms with Gasteiger partial charge in [0.15, 0.2) is 0 Å². The van der Waals surface area contributed by atoms with Crippen LogP contribution in [0.3, 0.4) is 0 Å². The maximum absolute atomic E-state index is 5.92. The molecule has 0 aliphatic rings. The van der Waals surface area contributed by atoms with Gasteiger partial charge in [-0.2, -0.15) is 0 Å². The van der Waals surface area contributed by atoms with E-state index < -0.39 is 0 Å². The van der Waals surface area contributed by atoms with Crippen molar-refractivity contribution >= 4 is 5.69 Å². The van der Waals surface area contributed by atoms with E-state index in [0.717, 1.165) is 16.9 Å². The van der Waals surface area contributed by atoms with Crippen molar-refractivity contribution in [1.82, 2.24) is 15.0 Å². The number of anilines is 1. The molecule has 2 heterocycles. The third-order valence-corrected chi connectivity index (χ3v) is 2.61. The number of nitrogens with two attached hydrogens (primary N) is 2. The van der Waals surface area contributed by atoms with Gasteiger partial charge in [0.05, 0.1) is 11.4 Å². The molecule has 0 fully saturated rings. The minimum Gasteiger partial charge on any atom is -0.457 e. The zero-order valence-corrected chi connectivity index (χ0v) is 12.0. The van der Waals surface area contributed by atoms with Crippen molar-refractivity contribution < 1.29 is 4.74 Å². The molecule has 0 atom stereocenters. The number of rotatable bonds is 5. The van der Waals surface area contributed by atoms with Crippen molar-refractivity contribution in [1.29, 1.82) is 0 Å². The fourth-order valence-corrected chi connectivity index (χ4v) is 1.58. The number of pyridine rings is 1.